The molecule has 0 aromatic carbocycles. The summed E-state index contributed by atoms with van der Waals surface area (Å²) < 4.78 is 62.3. The van der Waals surface area contributed by atoms with Crippen molar-refractivity contribution in [2.24, 2.45) is 0 Å². The third-order valence-corrected chi connectivity index (χ3v) is 3.81. The normalized spacial score (nSPS) is 13.4. The summed E-state index contributed by atoms with van der Waals surface area (Å²) in [6.45, 7) is 0.330. The zero-order valence-corrected chi connectivity index (χ0v) is 10.3. The van der Waals surface area contributed by atoms with Gasteiger partial charge in [-0.05, 0) is 23.1 Å². The van der Waals surface area contributed by atoms with Crippen molar-refractivity contribution in [1.82, 2.24) is 0 Å². The van der Waals surface area contributed by atoms with Gasteiger partial charge in [-0.2, -0.15) is 13.2 Å². The average molecular weight is 286 g/mol. The molecule has 96 valence electrons. The van der Waals surface area contributed by atoms with Crippen molar-refractivity contribution < 1.29 is 26.3 Å². The van der Waals surface area contributed by atoms with E-state index >= 15 is 0 Å². The highest BCUT2D eigenvalue weighted by atomic mass is 32.2. The lowest BCUT2D eigenvalue weighted by atomic mass is 10.3. The van der Waals surface area contributed by atoms with E-state index in [-0.39, 0.29) is 5.41 Å². The third-order valence-electron chi connectivity index (χ3n) is 1.72. The van der Waals surface area contributed by atoms with Crippen molar-refractivity contribution in [3.05, 3.63) is 27.3 Å². The molecule has 1 aromatic rings. The average Bonchev–Trinajstić information content (AvgIpc) is 2.62. The minimum absolute atomic E-state index is 0.162. The predicted octanol–water partition coefficient (Wildman–Crippen LogP) is 2.80. The van der Waals surface area contributed by atoms with Gasteiger partial charge in [0, 0.05) is 17.4 Å². The summed E-state index contributed by atoms with van der Waals surface area (Å²) in [6, 6.07) is 1.57. The number of rotatable bonds is 4. The topological polar surface area (TPSA) is 43.4 Å². The fourth-order valence-corrected chi connectivity index (χ4v) is 2.31. The first-order chi connectivity index (χ1) is 7.76. The van der Waals surface area contributed by atoms with Gasteiger partial charge in [0.25, 0.3) is 9.84 Å². The Kier molecular flexibility index (Phi) is 4.34. The zero-order valence-electron chi connectivity index (χ0n) is 8.69. The van der Waals surface area contributed by atoms with Crippen LogP contribution in [0.25, 0.3) is 6.08 Å². The number of alkyl halides is 3. The van der Waals surface area contributed by atoms with Crippen LogP contribution in [-0.4, -0.2) is 21.0 Å². The number of hydrogen-bond acceptors (Lipinski definition) is 4. The van der Waals surface area contributed by atoms with Crippen LogP contribution in [0.4, 0.5) is 13.2 Å². The van der Waals surface area contributed by atoms with Crippen LogP contribution in [0.2, 0.25) is 0 Å². The molecule has 0 fully saturated rings. The Labute approximate surface area is 100 Å². The Bertz CT molecular complexity index is 500. The molecule has 0 saturated heterocycles. The summed E-state index contributed by atoms with van der Waals surface area (Å²) in [6.07, 6.45) is 0.923. The maximum absolute atomic E-state index is 12.0. The van der Waals surface area contributed by atoms with Gasteiger partial charge in [-0.15, -0.1) is 11.3 Å². The number of ether oxygens (including phenoxy) is 1. The second-order valence-corrected chi connectivity index (χ2v) is 5.85. The fourth-order valence-electron chi connectivity index (χ4n) is 0.958. The molecule has 0 aliphatic carbocycles. The molecule has 17 heavy (non-hydrogen) atoms. The summed E-state index contributed by atoms with van der Waals surface area (Å²) in [5, 5.41) is 1.85. The summed E-state index contributed by atoms with van der Waals surface area (Å²) >= 11 is 1.14. The Morgan fingerprint density at radius 3 is 2.65 bits per heavy atom. The standard InChI is InChI=1S/C9H9F3O3S2/c1-15-5-7-4-8(16-6-7)2-3-17(13,14)9(10,11)12/h2-4,6H,5H2,1H3/b3-2+. The molecule has 0 bridgehead atoms. The molecular formula is C9H9F3O3S2. The second kappa shape index (κ2) is 5.19. The van der Waals surface area contributed by atoms with E-state index in [1.165, 1.54) is 7.11 Å². The Morgan fingerprint density at radius 1 is 1.47 bits per heavy atom. The lowest BCUT2D eigenvalue weighted by molar-refractivity contribution is -0.0423. The van der Waals surface area contributed by atoms with E-state index in [0.717, 1.165) is 23.0 Å². The zero-order chi connectivity index (χ0) is 13.1. The van der Waals surface area contributed by atoms with Crippen LogP contribution in [0.5, 0.6) is 0 Å². The molecule has 0 atom stereocenters. The van der Waals surface area contributed by atoms with Crippen LogP contribution in [0.3, 0.4) is 0 Å². The summed E-state index contributed by atoms with van der Waals surface area (Å²) in [5.74, 6) is 0. The highest BCUT2D eigenvalue weighted by Gasteiger charge is 2.43. The number of halogens is 3. The molecule has 0 spiro atoms. The van der Waals surface area contributed by atoms with Gasteiger partial charge in [-0.3, -0.25) is 0 Å². The van der Waals surface area contributed by atoms with Crippen LogP contribution in [0.1, 0.15) is 10.4 Å². The van der Waals surface area contributed by atoms with Crippen molar-refractivity contribution in [2.45, 2.75) is 12.1 Å². The largest absolute Gasteiger partial charge is 0.501 e. The lowest BCUT2D eigenvalue weighted by Gasteiger charge is -2.01. The van der Waals surface area contributed by atoms with Crippen LogP contribution in [0.15, 0.2) is 16.9 Å². The number of hydrogen-bond donors (Lipinski definition) is 0. The van der Waals surface area contributed by atoms with Crippen molar-refractivity contribution in [1.29, 1.82) is 0 Å². The lowest BCUT2D eigenvalue weighted by Crippen LogP contribution is -2.20. The highest BCUT2D eigenvalue weighted by molar-refractivity contribution is 7.95. The van der Waals surface area contributed by atoms with Gasteiger partial charge in [0.15, 0.2) is 0 Å². The quantitative estimate of drug-likeness (QED) is 0.855. The Hall–Kier alpha value is -0.860. The van der Waals surface area contributed by atoms with E-state index in [0.29, 0.717) is 11.5 Å². The minimum atomic E-state index is -5.25. The molecule has 1 rings (SSSR count). The van der Waals surface area contributed by atoms with Crippen molar-refractivity contribution >= 4 is 27.3 Å². The minimum Gasteiger partial charge on any atom is -0.380 e. The number of methoxy groups -OCH3 is 1. The monoisotopic (exact) mass is 286 g/mol. The van der Waals surface area contributed by atoms with Gasteiger partial charge in [0.2, 0.25) is 0 Å². The molecule has 0 aliphatic rings. The van der Waals surface area contributed by atoms with Crippen LogP contribution >= 0.6 is 11.3 Å². The number of sulfone groups is 1. The summed E-state index contributed by atoms with van der Waals surface area (Å²) in [5.41, 5.74) is -4.47. The van der Waals surface area contributed by atoms with Crippen LogP contribution in [-0.2, 0) is 21.2 Å². The van der Waals surface area contributed by atoms with Crippen molar-refractivity contribution in [3.63, 3.8) is 0 Å². The molecule has 0 aliphatic heterocycles. The first kappa shape index (κ1) is 14.2. The molecular weight excluding hydrogens is 277 g/mol. The first-order valence-corrected chi connectivity index (χ1v) is 6.74. The molecule has 8 heteroatoms. The third kappa shape index (κ3) is 3.83. The Morgan fingerprint density at radius 2 is 2.12 bits per heavy atom. The van der Waals surface area contributed by atoms with Crippen molar-refractivity contribution in [2.75, 3.05) is 7.11 Å². The molecule has 0 unspecified atom stereocenters. The number of thiophene rings is 1. The van der Waals surface area contributed by atoms with Gasteiger partial charge in [0.1, 0.15) is 0 Å². The van der Waals surface area contributed by atoms with Gasteiger partial charge in [-0.25, -0.2) is 8.42 Å². The van der Waals surface area contributed by atoms with E-state index in [1.807, 2.05) is 0 Å². The molecule has 0 saturated carbocycles. The molecule has 0 amide bonds. The fraction of sp³-hybridized carbons (Fsp3) is 0.333. The van der Waals surface area contributed by atoms with E-state index in [4.69, 9.17) is 4.74 Å². The molecule has 1 heterocycles. The predicted molar refractivity (Wildman–Crippen MR) is 59.0 cm³/mol. The second-order valence-electron chi connectivity index (χ2n) is 3.08. The van der Waals surface area contributed by atoms with Gasteiger partial charge in [0.05, 0.1) is 6.61 Å². The first-order valence-electron chi connectivity index (χ1n) is 4.32. The highest BCUT2D eigenvalue weighted by Crippen LogP contribution is 2.26. The van der Waals surface area contributed by atoms with E-state index < -0.39 is 15.3 Å². The van der Waals surface area contributed by atoms with Crippen LogP contribution in [0, 0.1) is 0 Å². The summed E-state index contributed by atoms with van der Waals surface area (Å²) in [4.78, 5) is 0.421. The van der Waals surface area contributed by atoms with Crippen LogP contribution < -0.4 is 0 Å². The van der Waals surface area contributed by atoms with Gasteiger partial charge < -0.3 is 4.74 Å². The SMILES string of the molecule is COCc1csc(/C=C/S(=O)(=O)C(F)(F)F)c1. The van der Waals surface area contributed by atoms with Gasteiger partial charge in [-0.1, -0.05) is 0 Å². The van der Waals surface area contributed by atoms with E-state index in [1.54, 1.807) is 11.4 Å². The van der Waals surface area contributed by atoms with Gasteiger partial charge >= 0.3 is 5.51 Å². The van der Waals surface area contributed by atoms with E-state index in [9.17, 15) is 21.6 Å². The summed E-state index contributed by atoms with van der Waals surface area (Å²) in [7, 11) is -3.72. The smallest absolute Gasteiger partial charge is 0.380 e. The molecule has 0 N–H and O–H groups in total. The maximum atomic E-state index is 12.0. The molecule has 0 radical (unpaired) electrons. The molecule has 1 aromatic heterocycles. The maximum Gasteiger partial charge on any atom is 0.501 e. The molecule has 3 nitrogen and oxygen atoms in total. The Balaban J connectivity index is 2.84. The van der Waals surface area contributed by atoms with Crippen molar-refractivity contribution in [3.8, 4) is 0 Å². The van der Waals surface area contributed by atoms with E-state index in [2.05, 4.69) is 0 Å².